The zero-order valence-corrected chi connectivity index (χ0v) is 19.4. The molecule has 0 spiro atoms. The molecule has 4 atom stereocenters. The Morgan fingerprint density at radius 1 is 0.800 bits per heavy atom. The maximum Gasteiger partial charge on any atom is 0.114 e. The Bertz CT molecular complexity index is 399. The molecule has 30 heavy (non-hydrogen) atoms. The molecule has 0 aromatic carbocycles. The monoisotopic (exact) mass is 428 g/mol. The van der Waals surface area contributed by atoms with Crippen LogP contribution in [0.4, 0.5) is 0 Å². The van der Waals surface area contributed by atoms with Gasteiger partial charge in [-0.05, 0) is 25.7 Å². The van der Waals surface area contributed by atoms with Gasteiger partial charge in [0.15, 0.2) is 0 Å². The number of aliphatic hydroxyl groups excluding tert-OH is 3. The minimum atomic E-state index is -0.988. The van der Waals surface area contributed by atoms with Crippen LogP contribution in [0, 0.1) is 0 Å². The largest absolute Gasteiger partial charge is 0.394 e. The van der Waals surface area contributed by atoms with E-state index in [0.717, 1.165) is 12.8 Å². The Labute approximate surface area is 184 Å². The standard InChI is InChI=1S/C25H48O5/c1-2-3-4-5-6-7-8-9-10-11-12-13-14-15-16-17-18-19-29-25-23(20-26)30-21-22(27)24(25)28/h5-6,22-28H,2-4,7-21H2,1H3/b6-5+/t22-,23+,24+,25+/m0/s1. The van der Waals surface area contributed by atoms with Crippen molar-refractivity contribution in [1.82, 2.24) is 0 Å². The van der Waals surface area contributed by atoms with Crippen molar-refractivity contribution < 1.29 is 24.8 Å². The molecule has 0 amide bonds. The van der Waals surface area contributed by atoms with Gasteiger partial charge in [0, 0.05) is 6.61 Å². The number of allylic oxidation sites excluding steroid dienone is 2. The molecule has 5 heteroatoms. The van der Waals surface area contributed by atoms with Crippen LogP contribution in [-0.4, -0.2) is 59.6 Å². The van der Waals surface area contributed by atoms with E-state index >= 15 is 0 Å². The highest BCUT2D eigenvalue weighted by molar-refractivity contribution is 4.87. The highest BCUT2D eigenvalue weighted by Crippen LogP contribution is 2.19. The van der Waals surface area contributed by atoms with Gasteiger partial charge in [-0.3, -0.25) is 0 Å². The van der Waals surface area contributed by atoms with Crippen LogP contribution in [0.5, 0.6) is 0 Å². The Hall–Kier alpha value is -0.460. The van der Waals surface area contributed by atoms with Crippen LogP contribution in [0.15, 0.2) is 12.2 Å². The number of hydrogen-bond donors (Lipinski definition) is 3. The van der Waals surface area contributed by atoms with Crippen molar-refractivity contribution in [2.75, 3.05) is 19.8 Å². The molecule has 1 aliphatic rings. The van der Waals surface area contributed by atoms with Crippen molar-refractivity contribution in [2.45, 2.75) is 128 Å². The molecule has 0 unspecified atom stereocenters. The van der Waals surface area contributed by atoms with Gasteiger partial charge in [0.1, 0.15) is 24.4 Å². The van der Waals surface area contributed by atoms with Crippen LogP contribution in [0.25, 0.3) is 0 Å². The van der Waals surface area contributed by atoms with E-state index in [-0.39, 0.29) is 13.2 Å². The zero-order valence-electron chi connectivity index (χ0n) is 19.4. The number of aliphatic hydroxyl groups is 3. The molecule has 1 aliphatic heterocycles. The Morgan fingerprint density at radius 2 is 1.33 bits per heavy atom. The van der Waals surface area contributed by atoms with Crippen molar-refractivity contribution in [2.24, 2.45) is 0 Å². The minimum Gasteiger partial charge on any atom is -0.394 e. The highest BCUT2D eigenvalue weighted by atomic mass is 16.6. The lowest BCUT2D eigenvalue weighted by Crippen LogP contribution is -2.55. The molecular weight excluding hydrogens is 380 g/mol. The molecule has 0 radical (unpaired) electrons. The second-order valence-corrected chi connectivity index (χ2v) is 8.74. The number of rotatable bonds is 19. The number of unbranched alkanes of at least 4 members (excludes halogenated alkanes) is 13. The Kier molecular flexibility index (Phi) is 17.7. The van der Waals surface area contributed by atoms with Crippen LogP contribution < -0.4 is 0 Å². The van der Waals surface area contributed by atoms with Gasteiger partial charge in [0.05, 0.1) is 13.2 Å². The van der Waals surface area contributed by atoms with E-state index in [1.165, 1.54) is 83.5 Å². The molecule has 1 fully saturated rings. The smallest absolute Gasteiger partial charge is 0.114 e. The molecule has 0 aromatic heterocycles. The molecule has 0 bridgehead atoms. The fraction of sp³-hybridized carbons (Fsp3) is 0.920. The summed E-state index contributed by atoms with van der Waals surface area (Å²) >= 11 is 0. The number of ether oxygens (including phenoxy) is 2. The normalized spacial score (nSPS) is 24.7. The summed E-state index contributed by atoms with van der Waals surface area (Å²) in [5.41, 5.74) is 0. The van der Waals surface area contributed by atoms with E-state index in [1.807, 2.05) is 0 Å². The molecule has 178 valence electrons. The van der Waals surface area contributed by atoms with Crippen molar-refractivity contribution in [3.05, 3.63) is 12.2 Å². The van der Waals surface area contributed by atoms with Gasteiger partial charge in [-0.1, -0.05) is 89.7 Å². The second-order valence-electron chi connectivity index (χ2n) is 8.74. The molecule has 1 saturated heterocycles. The van der Waals surface area contributed by atoms with Crippen LogP contribution >= 0.6 is 0 Å². The summed E-state index contributed by atoms with van der Waals surface area (Å²) in [5.74, 6) is 0. The van der Waals surface area contributed by atoms with E-state index in [2.05, 4.69) is 19.1 Å². The van der Waals surface area contributed by atoms with Crippen molar-refractivity contribution in [3.8, 4) is 0 Å². The van der Waals surface area contributed by atoms with Crippen LogP contribution in [-0.2, 0) is 9.47 Å². The maximum atomic E-state index is 10.0. The lowest BCUT2D eigenvalue weighted by Gasteiger charge is -2.37. The van der Waals surface area contributed by atoms with Gasteiger partial charge < -0.3 is 24.8 Å². The molecule has 5 nitrogen and oxygen atoms in total. The van der Waals surface area contributed by atoms with Gasteiger partial charge >= 0.3 is 0 Å². The number of hydrogen-bond acceptors (Lipinski definition) is 5. The fourth-order valence-electron chi connectivity index (χ4n) is 3.95. The van der Waals surface area contributed by atoms with Gasteiger partial charge in [0.2, 0.25) is 0 Å². The summed E-state index contributed by atoms with van der Waals surface area (Å²) in [5, 5.41) is 29.0. The van der Waals surface area contributed by atoms with Gasteiger partial charge in [0.25, 0.3) is 0 Å². The lowest BCUT2D eigenvalue weighted by molar-refractivity contribution is -0.211. The first-order chi connectivity index (χ1) is 14.7. The zero-order chi connectivity index (χ0) is 21.9. The fourth-order valence-corrected chi connectivity index (χ4v) is 3.95. The van der Waals surface area contributed by atoms with E-state index in [9.17, 15) is 15.3 Å². The third-order valence-corrected chi connectivity index (χ3v) is 5.97. The molecule has 1 rings (SSSR count). The lowest BCUT2D eigenvalue weighted by atomic mass is 10.0. The highest BCUT2D eigenvalue weighted by Gasteiger charge is 2.39. The summed E-state index contributed by atoms with van der Waals surface area (Å²) in [6.07, 6.45) is 20.7. The summed E-state index contributed by atoms with van der Waals surface area (Å²) in [6, 6.07) is 0. The predicted molar refractivity (Wildman–Crippen MR) is 123 cm³/mol. The average molecular weight is 429 g/mol. The second kappa shape index (κ2) is 19.2. The SMILES string of the molecule is CCCC/C=C/CCCCCCCCCCCCCO[C@H]1[C@H](O)[C@@H](O)CO[C@@H]1CO. The first-order valence-corrected chi connectivity index (χ1v) is 12.6. The van der Waals surface area contributed by atoms with E-state index in [1.54, 1.807) is 0 Å². The maximum absolute atomic E-state index is 10.0. The van der Waals surface area contributed by atoms with Crippen molar-refractivity contribution >= 4 is 0 Å². The molecule has 1 heterocycles. The first-order valence-electron chi connectivity index (χ1n) is 12.6. The van der Waals surface area contributed by atoms with Crippen LogP contribution in [0.2, 0.25) is 0 Å². The topological polar surface area (TPSA) is 79.2 Å². The van der Waals surface area contributed by atoms with Crippen molar-refractivity contribution in [3.63, 3.8) is 0 Å². The molecule has 0 aliphatic carbocycles. The molecule has 0 aromatic rings. The van der Waals surface area contributed by atoms with E-state index in [0.29, 0.717) is 6.61 Å². The molecule has 3 N–H and O–H groups in total. The summed E-state index contributed by atoms with van der Waals surface area (Å²) in [6.45, 7) is 2.61. The van der Waals surface area contributed by atoms with Crippen LogP contribution in [0.1, 0.15) is 103 Å². The van der Waals surface area contributed by atoms with Gasteiger partial charge in [-0.15, -0.1) is 0 Å². The summed E-state index contributed by atoms with van der Waals surface area (Å²) in [7, 11) is 0. The Balaban J connectivity index is 1.84. The molecule has 0 saturated carbocycles. The Morgan fingerprint density at radius 3 is 1.90 bits per heavy atom. The van der Waals surface area contributed by atoms with Crippen LogP contribution in [0.3, 0.4) is 0 Å². The van der Waals surface area contributed by atoms with Gasteiger partial charge in [-0.2, -0.15) is 0 Å². The predicted octanol–water partition coefficient (Wildman–Crippen LogP) is 4.91. The molecular formula is C25H48O5. The minimum absolute atomic E-state index is 0.0444. The third-order valence-electron chi connectivity index (χ3n) is 5.97. The first kappa shape index (κ1) is 27.6. The van der Waals surface area contributed by atoms with E-state index in [4.69, 9.17) is 9.47 Å². The summed E-state index contributed by atoms with van der Waals surface area (Å²) in [4.78, 5) is 0. The average Bonchev–Trinajstić information content (AvgIpc) is 2.75. The quantitative estimate of drug-likeness (QED) is 0.201. The van der Waals surface area contributed by atoms with E-state index < -0.39 is 24.4 Å². The summed E-state index contributed by atoms with van der Waals surface area (Å²) < 4.78 is 11.0. The van der Waals surface area contributed by atoms with Gasteiger partial charge in [-0.25, -0.2) is 0 Å². The van der Waals surface area contributed by atoms with Crippen molar-refractivity contribution in [1.29, 1.82) is 0 Å². The third kappa shape index (κ3) is 13.1.